The Morgan fingerprint density at radius 2 is 1.66 bits per heavy atom. The van der Waals surface area contributed by atoms with Crippen molar-refractivity contribution >= 4 is 35.8 Å². The molecule has 1 aromatic carbocycles. The molecule has 1 saturated heterocycles. The number of hydrogen-bond acceptors (Lipinski definition) is 4. The van der Waals surface area contributed by atoms with Gasteiger partial charge in [0.25, 0.3) is 5.91 Å². The highest BCUT2D eigenvalue weighted by Crippen LogP contribution is 2.15. The number of carbonyl (C=O) groups is 1. The highest BCUT2D eigenvalue weighted by molar-refractivity contribution is 14.0. The van der Waals surface area contributed by atoms with E-state index in [-0.39, 0.29) is 42.1 Å². The van der Waals surface area contributed by atoms with E-state index in [9.17, 15) is 4.79 Å². The maximum Gasteiger partial charge on any atom is 0.254 e. The number of carbonyl (C=O) groups excluding carboxylic acids is 1. The summed E-state index contributed by atoms with van der Waals surface area (Å²) in [5.74, 6) is 0.850. The predicted molar refractivity (Wildman–Crippen MR) is 143 cm³/mol. The molecule has 1 aliphatic rings. The number of benzene rings is 1. The first kappa shape index (κ1) is 28.6. The second-order valence-corrected chi connectivity index (χ2v) is 8.94. The maximum absolute atomic E-state index is 12.8. The summed E-state index contributed by atoms with van der Waals surface area (Å²) < 4.78 is 5.73. The number of aliphatic imine (C=N–C) groups is 1. The van der Waals surface area contributed by atoms with Crippen molar-refractivity contribution in [2.24, 2.45) is 4.99 Å². The monoisotopic (exact) mass is 559 g/mol. The molecule has 0 saturated carbocycles. The zero-order chi connectivity index (χ0) is 23.0. The van der Waals surface area contributed by atoms with Crippen LogP contribution in [0.3, 0.4) is 0 Å². The first-order valence-electron chi connectivity index (χ1n) is 11.4. The van der Waals surface area contributed by atoms with Crippen LogP contribution >= 0.6 is 24.0 Å². The lowest BCUT2D eigenvalue weighted by atomic mass is 10.1. The van der Waals surface area contributed by atoms with Gasteiger partial charge in [-0.05, 0) is 59.2 Å². The van der Waals surface area contributed by atoms with Gasteiger partial charge in [0.15, 0.2) is 5.96 Å². The fourth-order valence-electron chi connectivity index (χ4n) is 4.11. The van der Waals surface area contributed by atoms with Crippen molar-refractivity contribution in [3.63, 3.8) is 0 Å². The van der Waals surface area contributed by atoms with Gasteiger partial charge in [0.1, 0.15) is 0 Å². The molecule has 8 heteroatoms. The molecule has 1 heterocycles. The number of rotatable bonds is 8. The molecule has 1 fully saturated rings. The second-order valence-electron chi connectivity index (χ2n) is 8.94. The Morgan fingerprint density at radius 3 is 2.16 bits per heavy atom. The Bertz CT molecular complexity index is 706. The first-order chi connectivity index (χ1) is 14.7. The number of amides is 1. The quantitative estimate of drug-likeness (QED) is 0.291. The van der Waals surface area contributed by atoms with Gasteiger partial charge in [-0.2, -0.15) is 0 Å². The Hall–Kier alpha value is -1.39. The Balaban J connectivity index is 0.00000512. The predicted octanol–water partition coefficient (Wildman–Crippen LogP) is 3.34. The molecule has 182 valence electrons. The van der Waals surface area contributed by atoms with Crippen LogP contribution in [-0.4, -0.2) is 79.2 Å². The fourth-order valence-corrected chi connectivity index (χ4v) is 4.11. The third kappa shape index (κ3) is 8.86. The second kappa shape index (κ2) is 14.0. The van der Waals surface area contributed by atoms with Crippen molar-refractivity contribution in [2.75, 3.05) is 33.2 Å². The molecular weight excluding hydrogens is 517 g/mol. The van der Waals surface area contributed by atoms with Gasteiger partial charge in [0.05, 0.1) is 12.2 Å². The molecule has 1 aromatic rings. The van der Waals surface area contributed by atoms with Crippen LogP contribution in [0.15, 0.2) is 29.3 Å². The van der Waals surface area contributed by atoms with Crippen LogP contribution in [0.1, 0.15) is 57.5 Å². The smallest absolute Gasteiger partial charge is 0.254 e. The zero-order valence-corrected chi connectivity index (χ0v) is 23.1. The molecule has 0 aromatic heterocycles. The highest BCUT2D eigenvalue weighted by Gasteiger charge is 2.26. The van der Waals surface area contributed by atoms with E-state index in [1.165, 1.54) is 0 Å². The van der Waals surface area contributed by atoms with Crippen LogP contribution in [0.2, 0.25) is 0 Å². The minimum Gasteiger partial charge on any atom is -0.372 e. The number of nitrogens with zero attached hydrogens (tertiary/aromatic N) is 3. The van der Waals surface area contributed by atoms with Crippen LogP contribution in [0.5, 0.6) is 0 Å². The van der Waals surface area contributed by atoms with Gasteiger partial charge in [0, 0.05) is 57.4 Å². The molecule has 2 N–H and O–H groups in total. The largest absolute Gasteiger partial charge is 0.372 e. The van der Waals surface area contributed by atoms with E-state index in [0.717, 1.165) is 30.2 Å². The van der Waals surface area contributed by atoms with Crippen LogP contribution in [0.25, 0.3) is 0 Å². The summed E-state index contributed by atoms with van der Waals surface area (Å²) in [5.41, 5.74) is 1.82. The summed E-state index contributed by atoms with van der Waals surface area (Å²) in [7, 11) is 1.78. The third-order valence-corrected chi connectivity index (χ3v) is 5.58. The molecule has 0 aliphatic carbocycles. The molecule has 2 rings (SSSR count). The lowest BCUT2D eigenvalue weighted by molar-refractivity contribution is -0.0586. The summed E-state index contributed by atoms with van der Waals surface area (Å²) in [6, 6.07) is 8.84. The number of hydrogen-bond donors (Lipinski definition) is 2. The average Bonchev–Trinajstić information content (AvgIpc) is 2.71. The normalized spacial score (nSPS) is 19.3. The topological polar surface area (TPSA) is 69.2 Å². The zero-order valence-electron chi connectivity index (χ0n) is 20.7. The van der Waals surface area contributed by atoms with Crippen LogP contribution < -0.4 is 10.6 Å². The summed E-state index contributed by atoms with van der Waals surface area (Å²) in [4.78, 5) is 21.5. The summed E-state index contributed by atoms with van der Waals surface area (Å²) >= 11 is 0. The fraction of sp³-hybridized carbons (Fsp3) is 0.667. The number of morpholine rings is 1. The maximum atomic E-state index is 12.8. The molecular formula is C24H42IN5O2. The van der Waals surface area contributed by atoms with Gasteiger partial charge in [0.2, 0.25) is 0 Å². The lowest BCUT2D eigenvalue weighted by Gasteiger charge is -2.35. The minimum atomic E-state index is 0. The van der Waals surface area contributed by atoms with E-state index >= 15 is 0 Å². The van der Waals surface area contributed by atoms with Gasteiger partial charge in [-0.3, -0.25) is 14.7 Å². The van der Waals surface area contributed by atoms with Crippen LogP contribution in [-0.2, 0) is 11.3 Å². The third-order valence-electron chi connectivity index (χ3n) is 5.58. The number of guanidine groups is 1. The molecule has 7 nitrogen and oxygen atoms in total. The molecule has 0 spiro atoms. The van der Waals surface area contributed by atoms with Crippen molar-refractivity contribution in [2.45, 2.75) is 72.4 Å². The number of halogens is 1. The van der Waals surface area contributed by atoms with Crippen molar-refractivity contribution in [1.29, 1.82) is 0 Å². The van der Waals surface area contributed by atoms with E-state index in [4.69, 9.17) is 4.74 Å². The minimum absolute atomic E-state index is 0. The van der Waals surface area contributed by atoms with E-state index in [1.807, 2.05) is 43.0 Å². The van der Waals surface area contributed by atoms with Crippen LogP contribution in [0, 0.1) is 0 Å². The van der Waals surface area contributed by atoms with Crippen molar-refractivity contribution < 1.29 is 9.53 Å². The Labute approximate surface area is 211 Å². The summed E-state index contributed by atoms with van der Waals surface area (Å²) in [6.45, 7) is 16.6. The van der Waals surface area contributed by atoms with Gasteiger partial charge in [-0.1, -0.05) is 12.1 Å². The van der Waals surface area contributed by atoms with Gasteiger partial charge in [-0.15, -0.1) is 24.0 Å². The SMILES string of the molecule is CN=C(NCCN(C(C)C)C(C)C)NCc1ccc(C(=O)N2CC(C)OC(C)C2)cc1.I. The highest BCUT2D eigenvalue weighted by atomic mass is 127. The molecule has 32 heavy (non-hydrogen) atoms. The lowest BCUT2D eigenvalue weighted by Crippen LogP contribution is -2.48. The van der Waals surface area contributed by atoms with Crippen LogP contribution in [0.4, 0.5) is 0 Å². The molecule has 1 aliphatic heterocycles. The molecule has 2 unspecified atom stereocenters. The Morgan fingerprint density at radius 1 is 1.09 bits per heavy atom. The standard InChI is InChI=1S/C24H41N5O2.HI/c1-17(2)29(18(3)4)13-12-26-24(25-7)27-14-21-8-10-22(11-9-21)23(30)28-15-19(5)31-20(6)16-28;/h8-11,17-20H,12-16H2,1-7H3,(H2,25,26,27);1H. The van der Waals surface area contributed by atoms with Crippen molar-refractivity contribution in [3.8, 4) is 0 Å². The van der Waals surface area contributed by atoms with E-state index in [0.29, 0.717) is 31.7 Å². The molecule has 2 atom stereocenters. The molecule has 0 bridgehead atoms. The Kier molecular flexibility index (Phi) is 12.5. The van der Waals surface area contributed by atoms with Gasteiger partial charge < -0.3 is 20.3 Å². The number of ether oxygens (including phenoxy) is 1. The average molecular weight is 560 g/mol. The molecule has 1 amide bonds. The van der Waals surface area contributed by atoms with E-state index in [1.54, 1.807) is 7.05 Å². The van der Waals surface area contributed by atoms with Crippen molar-refractivity contribution in [3.05, 3.63) is 35.4 Å². The van der Waals surface area contributed by atoms with Crippen molar-refractivity contribution in [1.82, 2.24) is 20.4 Å². The summed E-state index contributed by atoms with van der Waals surface area (Å²) in [5, 5.41) is 6.74. The molecule has 0 radical (unpaired) electrons. The number of nitrogens with one attached hydrogen (secondary N) is 2. The van der Waals surface area contributed by atoms with Gasteiger partial charge in [-0.25, -0.2) is 0 Å². The van der Waals surface area contributed by atoms with E-state index in [2.05, 4.69) is 48.2 Å². The van der Waals surface area contributed by atoms with E-state index < -0.39 is 0 Å². The first-order valence-corrected chi connectivity index (χ1v) is 11.4. The van der Waals surface area contributed by atoms with Gasteiger partial charge >= 0.3 is 0 Å². The summed E-state index contributed by atoms with van der Waals surface area (Å²) in [6.07, 6.45) is 0.146.